The van der Waals surface area contributed by atoms with Gasteiger partial charge in [0, 0.05) is 18.8 Å². The summed E-state index contributed by atoms with van der Waals surface area (Å²) >= 11 is 4.85. The fourth-order valence-electron chi connectivity index (χ4n) is 1.27. The van der Waals surface area contributed by atoms with Gasteiger partial charge in [-0.15, -0.1) is 0 Å². The van der Waals surface area contributed by atoms with Crippen LogP contribution in [0.2, 0.25) is 0 Å². The monoisotopic (exact) mass is 249 g/mol. The van der Waals surface area contributed by atoms with Crippen LogP contribution in [0.3, 0.4) is 0 Å². The fourth-order valence-corrected chi connectivity index (χ4v) is 1.38. The lowest BCUT2D eigenvalue weighted by atomic mass is 10.3. The summed E-state index contributed by atoms with van der Waals surface area (Å²) in [5.74, 6) is 1.14. The first kappa shape index (κ1) is 11.5. The molecule has 7 heteroatoms. The highest BCUT2D eigenvalue weighted by atomic mass is 32.1. The van der Waals surface area contributed by atoms with E-state index in [0.29, 0.717) is 24.0 Å². The molecule has 88 valence electrons. The first-order chi connectivity index (χ1) is 8.15. The quantitative estimate of drug-likeness (QED) is 0.782. The fraction of sp³-hybridized carbons (Fsp3) is 0.200. The van der Waals surface area contributed by atoms with Crippen molar-refractivity contribution in [3.8, 4) is 0 Å². The van der Waals surface area contributed by atoms with E-state index in [1.807, 2.05) is 6.07 Å². The summed E-state index contributed by atoms with van der Waals surface area (Å²) in [6.07, 6.45) is 1.64. The molecule has 2 aromatic rings. The van der Waals surface area contributed by atoms with E-state index in [2.05, 4.69) is 20.4 Å². The van der Waals surface area contributed by atoms with Gasteiger partial charge in [-0.05, 0) is 12.1 Å². The standard InChI is InChI=1S/C10H11N5OS/c1-6-14-9(15-16-6)5-13-7-2-3-12-8(4-7)10(11)17/h2-4H,5H2,1H3,(H2,11,17)(H,12,13). The number of nitrogens with one attached hydrogen (secondary N) is 1. The Balaban J connectivity index is 2.04. The van der Waals surface area contributed by atoms with Gasteiger partial charge < -0.3 is 15.6 Å². The largest absolute Gasteiger partial charge is 0.388 e. The van der Waals surface area contributed by atoms with Gasteiger partial charge in [-0.25, -0.2) is 0 Å². The zero-order valence-corrected chi connectivity index (χ0v) is 9.99. The van der Waals surface area contributed by atoms with Crippen LogP contribution in [0.15, 0.2) is 22.9 Å². The smallest absolute Gasteiger partial charge is 0.223 e. The first-order valence-corrected chi connectivity index (χ1v) is 5.35. The maximum atomic E-state index is 5.49. The number of nitrogens with zero attached hydrogens (tertiary/aromatic N) is 3. The molecule has 0 aromatic carbocycles. The first-order valence-electron chi connectivity index (χ1n) is 4.94. The van der Waals surface area contributed by atoms with Crippen LogP contribution >= 0.6 is 12.2 Å². The van der Waals surface area contributed by atoms with Crippen molar-refractivity contribution in [3.63, 3.8) is 0 Å². The minimum absolute atomic E-state index is 0.268. The molecule has 2 rings (SSSR count). The van der Waals surface area contributed by atoms with Crippen molar-refractivity contribution >= 4 is 22.9 Å². The molecule has 0 fully saturated rings. The van der Waals surface area contributed by atoms with E-state index in [1.54, 1.807) is 19.2 Å². The molecule has 17 heavy (non-hydrogen) atoms. The van der Waals surface area contributed by atoms with Crippen LogP contribution in [-0.2, 0) is 6.54 Å². The molecule has 0 saturated heterocycles. The number of thiocarbonyl (C=S) groups is 1. The highest BCUT2D eigenvalue weighted by Crippen LogP contribution is 2.09. The predicted octanol–water partition coefficient (Wildman–Crippen LogP) is 1.02. The van der Waals surface area contributed by atoms with Crippen LogP contribution in [0, 0.1) is 6.92 Å². The maximum absolute atomic E-state index is 5.49. The van der Waals surface area contributed by atoms with Gasteiger partial charge in [-0.1, -0.05) is 17.4 Å². The molecule has 0 aliphatic rings. The number of hydrogen-bond donors (Lipinski definition) is 2. The van der Waals surface area contributed by atoms with Crippen molar-refractivity contribution in [2.24, 2.45) is 5.73 Å². The SMILES string of the molecule is Cc1nc(CNc2ccnc(C(N)=S)c2)no1. The highest BCUT2D eigenvalue weighted by molar-refractivity contribution is 7.80. The second kappa shape index (κ2) is 4.88. The summed E-state index contributed by atoms with van der Waals surface area (Å²) in [4.78, 5) is 8.39. The van der Waals surface area contributed by atoms with Gasteiger partial charge in [-0.3, -0.25) is 4.98 Å². The lowest BCUT2D eigenvalue weighted by Gasteiger charge is -2.04. The van der Waals surface area contributed by atoms with E-state index in [1.165, 1.54) is 0 Å². The van der Waals surface area contributed by atoms with Gasteiger partial charge in [0.1, 0.15) is 4.99 Å². The predicted molar refractivity (Wildman–Crippen MR) is 66.5 cm³/mol. The van der Waals surface area contributed by atoms with E-state index >= 15 is 0 Å². The van der Waals surface area contributed by atoms with Crippen LogP contribution in [-0.4, -0.2) is 20.1 Å². The molecule has 0 saturated carbocycles. The third-order valence-corrected chi connectivity index (χ3v) is 2.24. The number of nitrogens with two attached hydrogens (primary N) is 1. The summed E-state index contributed by atoms with van der Waals surface area (Å²) in [5.41, 5.74) is 6.92. The number of rotatable bonds is 4. The Kier molecular flexibility index (Phi) is 3.29. The van der Waals surface area contributed by atoms with Crippen molar-refractivity contribution in [2.75, 3.05) is 5.32 Å². The highest BCUT2D eigenvalue weighted by Gasteiger charge is 2.03. The average molecular weight is 249 g/mol. The minimum Gasteiger partial charge on any atom is -0.388 e. The van der Waals surface area contributed by atoms with Gasteiger partial charge in [0.25, 0.3) is 0 Å². The van der Waals surface area contributed by atoms with Crippen molar-refractivity contribution in [1.82, 2.24) is 15.1 Å². The maximum Gasteiger partial charge on any atom is 0.223 e. The van der Waals surface area contributed by atoms with Crippen molar-refractivity contribution in [3.05, 3.63) is 35.7 Å². The average Bonchev–Trinajstić information content (AvgIpc) is 2.73. The van der Waals surface area contributed by atoms with Crippen LogP contribution < -0.4 is 11.1 Å². The van der Waals surface area contributed by atoms with E-state index in [-0.39, 0.29) is 4.99 Å². The summed E-state index contributed by atoms with van der Waals surface area (Å²) in [5, 5.41) is 6.90. The summed E-state index contributed by atoms with van der Waals surface area (Å²) in [6, 6.07) is 3.59. The van der Waals surface area contributed by atoms with Crippen LogP contribution in [0.4, 0.5) is 5.69 Å². The molecule has 0 atom stereocenters. The minimum atomic E-state index is 0.268. The van der Waals surface area contributed by atoms with E-state index < -0.39 is 0 Å². The van der Waals surface area contributed by atoms with Crippen molar-refractivity contribution < 1.29 is 4.52 Å². The molecule has 0 radical (unpaired) electrons. The van der Waals surface area contributed by atoms with Gasteiger partial charge >= 0.3 is 0 Å². The van der Waals surface area contributed by atoms with Crippen LogP contribution in [0.1, 0.15) is 17.4 Å². The zero-order chi connectivity index (χ0) is 12.3. The van der Waals surface area contributed by atoms with Gasteiger partial charge in [-0.2, -0.15) is 4.98 Å². The third-order valence-electron chi connectivity index (χ3n) is 2.03. The Hall–Kier alpha value is -2.02. The topological polar surface area (TPSA) is 89.9 Å². The molecule has 0 aliphatic heterocycles. The van der Waals surface area contributed by atoms with Gasteiger partial charge in [0.15, 0.2) is 5.82 Å². The molecular formula is C10H11N5OS. The molecule has 0 amide bonds. The lowest BCUT2D eigenvalue weighted by Crippen LogP contribution is -2.12. The number of pyridine rings is 1. The van der Waals surface area contributed by atoms with E-state index in [9.17, 15) is 0 Å². The number of anilines is 1. The Bertz CT molecular complexity index is 539. The summed E-state index contributed by atoms with van der Waals surface area (Å²) in [6.45, 7) is 2.21. The van der Waals surface area contributed by atoms with Crippen LogP contribution in [0.5, 0.6) is 0 Å². The lowest BCUT2D eigenvalue weighted by molar-refractivity contribution is 0.388. The molecular weight excluding hydrogens is 238 g/mol. The molecule has 0 unspecified atom stereocenters. The molecule has 0 bridgehead atoms. The summed E-state index contributed by atoms with van der Waals surface area (Å²) in [7, 11) is 0. The van der Waals surface area contributed by atoms with Crippen LogP contribution in [0.25, 0.3) is 0 Å². The number of aromatic nitrogens is 3. The molecule has 0 spiro atoms. The Morgan fingerprint density at radius 2 is 2.41 bits per heavy atom. The Morgan fingerprint density at radius 3 is 3.06 bits per heavy atom. The molecule has 3 N–H and O–H groups in total. The van der Waals surface area contributed by atoms with Gasteiger partial charge in [0.05, 0.1) is 12.2 Å². The Morgan fingerprint density at radius 1 is 1.59 bits per heavy atom. The molecule has 0 aliphatic carbocycles. The van der Waals surface area contributed by atoms with Crippen molar-refractivity contribution in [2.45, 2.75) is 13.5 Å². The number of hydrogen-bond acceptors (Lipinski definition) is 6. The molecule has 2 aromatic heterocycles. The zero-order valence-electron chi connectivity index (χ0n) is 9.17. The van der Waals surface area contributed by atoms with Crippen molar-refractivity contribution in [1.29, 1.82) is 0 Å². The number of aryl methyl sites for hydroxylation is 1. The molecule has 2 heterocycles. The van der Waals surface area contributed by atoms with E-state index in [0.717, 1.165) is 5.69 Å². The third kappa shape index (κ3) is 2.97. The molecule has 6 nitrogen and oxygen atoms in total. The summed E-state index contributed by atoms with van der Waals surface area (Å²) < 4.78 is 4.86. The van der Waals surface area contributed by atoms with E-state index in [4.69, 9.17) is 22.5 Å². The Labute approximate surface area is 103 Å². The normalized spacial score (nSPS) is 10.2. The van der Waals surface area contributed by atoms with Gasteiger partial charge in [0.2, 0.25) is 5.89 Å². The second-order valence-corrected chi connectivity index (χ2v) is 3.82. The second-order valence-electron chi connectivity index (χ2n) is 3.38.